The SMILES string of the molecule is CCCOc1ccc(CN2CCCC(n3ncc(N4CCC4)cc3=O)C2)cc1OC. The highest BCUT2D eigenvalue weighted by molar-refractivity contribution is 5.45. The molecule has 0 aliphatic carbocycles. The van der Waals surface area contributed by atoms with Gasteiger partial charge in [-0.2, -0.15) is 5.10 Å². The van der Waals surface area contributed by atoms with Crippen LogP contribution in [0.4, 0.5) is 5.69 Å². The van der Waals surface area contributed by atoms with E-state index < -0.39 is 0 Å². The van der Waals surface area contributed by atoms with Crippen LogP contribution in [-0.2, 0) is 6.54 Å². The summed E-state index contributed by atoms with van der Waals surface area (Å²) in [6.45, 7) is 7.48. The third kappa shape index (κ3) is 4.61. The van der Waals surface area contributed by atoms with Gasteiger partial charge in [0, 0.05) is 32.2 Å². The van der Waals surface area contributed by atoms with Crippen LogP contribution in [0.25, 0.3) is 0 Å². The van der Waals surface area contributed by atoms with Crippen LogP contribution in [-0.4, -0.2) is 54.6 Å². The molecule has 2 fully saturated rings. The van der Waals surface area contributed by atoms with Gasteiger partial charge in [-0.25, -0.2) is 4.68 Å². The standard InChI is InChI=1S/C23H32N4O3/c1-3-12-30-21-8-7-18(13-22(21)29-2)16-25-9-4-6-19(17-25)27-23(28)14-20(15-24-27)26-10-5-11-26/h7-8,13-15,19H,3-6,9-12,16-17H2,1-2H3. The van der Waals surface area contributed by atoms with Crippen molar-refractivity contribution in [1.82, 2.24) is 14.7 Å². The fourth-order valence-electron chi connectivity index (χ4n) is 4.20. The minimum atomic E-state index is 0.00495. The van der Waals surface area contributed by atoms with Crippen LogP contribution in [0.2, 0.25) is 0 Å². The quantitative estimate of drug-likeness (QED) is 0.664. The first-order valence-corrected chi connectivity index (χ1v) is 11.0. The number of anilines is 1. The lowest BCUT2D eigenvalue weighted by atomic mass is 10.0. The van der Waals surface area contributed by atoms with Gasteiger partial charge in [0.05, 0.1) is 31.6 Å². The average molecular weight is 413 g/mol. The lowest BCUT2D eigenvalue weighted by Crippen LogP contribution is -2.41. The lowest BCUT2D eigenvalue weighted by Gasteiger charge is -2.34. The second kappa shape index (κ2) is 9.51. The Balaban J connectivity index is 1.42. The molecule has 1 aromatic heterocycles. The molecule has 0 saturated carbocycles. The molecule has 0 radical (unpaired) electrons. The second-order valence-electron chi connectivity index (χ2n) is 8.20. The van der Waals surface area contributed by atoms with Crippen molar-refractivity contribution in [3.05, 3.63) is 46.4 Å². The zero-order valence-electron chi connectivity index (χ0n) is 18.0. The fourth-order valence-corrected chi connectivity index (χ4v) is 4.20. The van der Waals surface area contributed by atoms with Crippen molar-refractivity contribution in [1.29, 1.82) is 0 Å². The normalized spacial score (nSPS) is 19.4. The number of ether oxygens (including phenoxy) is 2. The minimum absolute atomic E-state index is 0.00495. The fraction of sp³-hybridized carbons (Fsp3) is 0.565. The molecular formula is C23H32N4O3. The van der Waals surface area contributed by atoms with Gasteiger partial charge in [0.25, 0.3) is 5.56 Å². The van der Waals surface area contributed by atoms with Crippen LogP contribution >= 0.6 is 0 Å². The van der Waals surface area contributed by atoms with E-state index in [0.29, 0.717) is 6.61 Å². The van der Waals surface area contributed by atoms with E-state index >= 15 is 0 Å². The van der Waals surface area contributed by atoms with Gasteiger partial charge >= 0.3 is 0 Å². The number of hydrogen-bond donors (Lipinski definition) is 0. The Morgan fingerprint density at radius 3 is 2.70 bits per heavy atom. The maximum Gasteiger partial charge on any atom is 0.269 e. The Morgan fingerprint density at radius 1 is 1.13 bits per heavy atom. The Hall–Kier alpha value is -2.54. The first kappa shape index (κ1) is 20.7. The molecule has 7 nitrogen and oxygen atoms in total. The summed E-state index contributed by atoms with van der Waals surface area (Å²) in [5.41, 5.74) is 2.14. The van der Waals surface area contributed by atoms with Gasteiger partial charge in [-0.1, -0.05) is 13.0 Å². The van der Waals surface area contributed by atoms with Crippen molar-refractivity contribution < 1.29 is 9.47 Å². The molecule has 0 N–H and O–H groups in total. The summed E-state index contributed by atoms with van der Waals surface area (Å²) in [5.74, 6) is 1.56. The van der Waals surface area contributed by atoms with E-state index in [2.05, 4.69) is 34.0 Å². The topological polar surface area (TPSA) is 59.8 Å². The molecule has 3 heterocycles. The molecule has 1 aromatic carbocycles. The molecule has 2 aliphatic heterocycles. The van der Waals surface area contributed by atoms with Crippen molar-refractivity contribution in [3.63, 3.8) is 0 Å². The summed E-state index contributed by atoms with van der Waals surface area (Å²) in [6, 6.07) is 8.01. The molecule has 1 unspecified atom stereocenters. The predicted octanol–water partition coefficient (Wildman–Crippen LogP) is 3.09. The highest BCUT2D eigenvalue weighted by Gasteiger charge is 2.24. The zero-order valence-corrected chi connectivity index (χ0v) is 18.0. The highest BCUT2D eigenvalue weighted by Crippen LogP contribution is 2.30. The van der Waals surface area contributed by atoms with E-state index in [1.54, 1.807) is 17.9 Å². The summed E-state index contributed by atoms with van der Waals surface area (Å²) in [7, 11) is 1.68. The highest BCUT2D eigenvalue weighted by atomic mass is 16.5. The van der Waals surface area contributed by atoms with Gasteiger partial charge in [0.15, 0.2) is 11.5 Å². The second-order valence-corrected chi connectivity index (χ2v) is 8.20. The van der Waals surface area contributed by atoms with Crippen molar-refractivity contribution >= 4 is 5.69 Å². The molecule has 7 heteroatoms. The Labute approximate surface area is 178 Å². The number of aromatic nitrogens is 2. The van der Waals surface area contributed by atoms with Crippen molar-refractivity contribution in [2.75, 3.05) is 44.8 Å². The summed E-state index contributed by atoms with van der Waals surface area (Å²) < 4.78 is 13.0. The summed E-state index contributed by atoms with van der Waals surface area (Å²) in [5, 5.41) is 4.51. The average Bonchev–Trinajstić information content (AvgIpc) is 2.72. The molecule has 0 amide bonds. The molecule has 2 aliphatic rings. The van der Waals surface area contributed by atoms with Crippen molar-refractivity contribution in [2.24, 2.45) is 0 Å². The first-order valence-electron chi connectivity index (χ1n) is 11.0. The largest absolute Gasteiger partial charge is 0.493 e. The van der Waals surface area contributed by atoms with Gasteiger partial charge in [-0.15, -0.1) is 0 Å². The maximum atomic E-state index is 12.7. The predicted molar refractivity (Wildman–Crippen MR) is 118 cm³/mol. The number of hydrogen-bond acceptors (Lipinski definition) is 6. The van der Waals surface area contributed by atoms with Crippen LogP contribution in [0.15, 0.2) is 35.3 Å². The van der Waals surface area contributed by atoms with Gasteiger partial charge in [0.2, 0.25) is 0 Å². The minimum Gasteiger partial charge on any atom is -0.493 e. The smallest absolute Gasteiger partial charge is 0.269 e. The molecule has 162 valence electrons. The third-order valence-electron chi connectivity index (χ3n) is 5.96. The van der Waals surface area contributed by atoms with E-state index in [-0.39, 0.29) is 11.6 Å². The molecule has 2 aromatic rings. The monoisotopic (exact) mass is 412 g/mol. The van der Waals surface area contributed by atoms with Crippen LogP contribution in [0.5, 0.6) is 11.5 Å². The Bertz CT molecular complexity index is 910. The van der Waals surface area contributed by atoms with E-state index in [1.807, 2.05) is 12.3 Å². The van der Waals surface area contributed by atoms with Crippen molar-refractivity contribution in [2.45, 2.75) is 45.2 Å². The molecule has 1 atom stereocenters. The van der Waals surface area contributed by atoms with Crippen LogP contribution in [0.3, 0.4) is 0 Å². The third-order valence-corrected chi connectivity index (χ3v) is 5.96. The molecule has 30 heavy (non-hydrogen) atoms. The molecule has 4 rings (SSSR count). The van der Waals surface area contributed by atoms with Crippen molar-refractivity contribution in [3.8, 4) is 11.5 Å². The lowest BCUT2D eigenvalue weighted by molar-refractivity contribution is 0.159. The van der Waals surface area contributed by atoms with Crippen LogP contribution in [0, 0.1) is 0 Å². The molecule has 0 bridgehead atoms. The summed E-state index contributed by atoms with van der Waals surface area (Å²) in [6.07, 6.45) is 6.05. The molecule has 2 saturated heterocycles. The zero-order chi connectivity index (χ0) is 20.9. The summed E-state index contributed by atoms with van der Waals surface area (Å²) >= 11 is 0. The van der Waals surface area contributed by atoms with E-state index in [1.165, 1.54) is 12.0 Å². The van der Waals surface area contributed by atoms with Gasteiger partial charge in [-0.3, -0.25) is 9.69 Å². The number of piperidine rings is 1. The Morgan fingerprint density at radius 2 is 2.00 bits per heavy atom. The number of methoxy groups -OCH3 is 1. The van der Waals surface area contributed by atoms with Gasteiger partial charge < -0.3 is 14.4 Å². The Kier molecular flexibility index (Phi) is 6.57. The first-order chi connectivity index (χ1) is 14.7. The van der Waals surface area contributed by atoms with E-state index in [0.717, 1.165) is 69.2 Å². The number of benzene rings is 1. The molecular weight excluding hydrogens is 380 g/mol. The number of rotatable bonds is 8. The van der Waals surface area contributed by atoms with E-state index in [4.69, 9.17) is 9.47 Å². The van der Waals surface area contributed by atoms with Crippen LogP contribution in [0.1, 0.15) is 44.2 Å². The number of nitrogens with zero attached hydrogens (tertiary/aromatic N) is 4. The number of likely N-dealkylation sites (tertiary alicyclic amines) is 1. The molecule has 0 spiro atoms. The van der Waals surface area contributed by atoms with Gasteiger partial charge in [0.1, 0.15) is 0 Å². The van der Waals surface area contributed by atoms with Gasteiger partial charge in [-0.05, 0) is 49.9 Å². The van der Waals surface area contributed by atoms with E-state index in [9.17, 15) is 4.79 Å². The summed E-state index contributed by atoms with van der Waals surface area (Å²) in [4.78, 5) is 17.3. The van der Waals surface area contributed by atoms with Crippen LogP contribution < -0.4 is 19.9 Å². The maximum absolute atomic E-state index is 12.7.